The van der Waals surface area contributed by atoms with Crippen LogP contribution >= 0.6 is 11.3 Å². The minimum atomic E-state index is 0.661. The molecule has 0 aliphatic heterocycles. The number of hydrogen-bond acceptors (Lipinski definition) is 5. The normalized spacial score (nSPS) is 10.7. The zero-order valence-corrected chi connectivity index (χ0v) is 12.1. The highest BCUT2D eigenvalue weighted by Crippen LogP contribution is 2.25. The van der Waals surface area contributed by atoms with Crippen LogP contribution in [0.15, 0.2) is 41.9 Å². The third kappa shape index (κ3) is 2.88. The van der Waals surface area contributed by atoms with Crippen molar-refractivity contribution in [3.63, 3.8) is 0 Å². The number of anilines is 3. The summed E-state index contributed by atoms with van der Waals surface area (Å²) in [5.41, 5.74) is 1.04. The van der Waals surface area contributed by atoms with E-state index in [1.165, 1.54) is 10.1 Å². The summed E-state index contributed by atoms with van der Waals surface area (Å²) < 4.78 is 1.29. The van der Waals surface area contributed by atoms with Crippen LogP contribution in [0.4, 0.5) is 17.5 Å². The maximum atomic E-state index is 4.44. The molecule has 1 aromatic carbocycles. The summed E-state index contributed by atoms with van der Waals surface area (Å²) in [4.78, 5) is 8.64. The quantitative estimate of drug-likeness (QED) is 0.735. The molecular weight excluding hydrogens is 268 g/mol. The summed E-state index contributed by atoms with van der Waals surface area (Å²) in [7, 11) is 0. The lowest BCUT2D eigenvalue weighted by atomic mass is 10.2. The highest BCUT2D eigenvalue weighted by atomic mass is 32.1. The molecule has 0 unspecified atom stereocenters. The van der Waals surface area contributed by atoms with E-state index in [-0.39, 0.29) is 0 Å². The number of fused-ring (bicyclic) bond motifs is 1. The molecule has 5 heteroatoms. The van der Waals surface area contributed by atoms with Gasteiger partial charge in [0, 0.05) is 23.1 Å². The summed E-state index contributed by atoms with van der Waals surface area (Å²) in [6, 6.07) is 10.3. The lowest BCUT2D eigenvalue weighted by Crippen LogP contribution is -2.05. The van der Waals surface area contributed by atoms with E-state index in [0.717, 1.165) is 24.5 Å². The highest BCUT2D eigenvalue weighted by Gasteiger charge is 2.01. The van der Waals surface area contributed by atoms with E-state index in [1.54, 1.807) is 17.5 Å². The van der Waals surface area contributed by atoms with Gasteiger partial charge < -0.3 is 10.6 Å². The topological polar surface area (TPSA) is 49.8 Å². The monoisotopic (exact) mass is 284 g/mol. The van der Waals surface area contributed by atoms with E-state index in [1.807, 2.05) is 6.07 Å². The first-order chi connectivity index (χ1) is 9.85. The number of nitrogens with zero attached hydrogens (tertiary/aromatic N) is 2. The van der Waals surface area contributed by atoms with Crippen LogP contribution in [-0.4, -0.2) is 16.5 Å². The molecular formula is C15H16N4S. The smallest absolute Gasteiger partial charge is 0.224 e. The van der Waals surface area contributed by atoms with E-state index in [9.17, 15) is 0 Å². The van der Waals surface area contributed by atoms with Crippen molar-refractivity contribution < 1.29 is 0 Å². The average molecular weight is 284 g/mol. The minimum absolute atomic E-state index is 0.661. The second-order valence-electron chi connectivity index (χ2n) is 4.49. The maximum Gasteiger partial charge on any atom is 0.224 e. The van der Waals surface area contributed by atoms with Crippen molar-refractivity contribution in [1.82, 2.24) is 9.97 Å². The molecule has 3 aromatic rings. The van der Waals surface area contributed by atoms with Crippen molar-refractivity contribution in [3.8, 4) is 0 Å². The third-order valence-corrected chi connectivity index (χ3v) is 3.81. The van der Waals surface area contributed by atoms with Crippen molar-refractivity contribution in [3.05, 3.63) is 41.9 Å². The number of aromatic nitrogens is 2. The SMILES string of the molecule is CCCNc1nccc(Nc2ccc3sccc3c2)n1. The molecule has 2 aromatic heterocycles. The molecule has 0 aliphatic carbocycles. The number of benzene rings is 1. The molecule has 0 amide bonds. The third-order valence-electron chi connectivity index (χ3n) is 2.91. The van der Waals surface area contributed by atoms with Gasteiger partial charge in [0.15, 0.2) is 0 Å². The van der Waals surface area contributed by atoms with Crippen LogP contribution in [0.2, 0.25) is 0 Å². The Morgan fingerprint density at radius 1 is 1.20 bits per heavy atom. The van der Waals surface area contributed by atoms with Gasteiger partial charge in [-0.2, -0.15) is 4.98 Å². The molecule has 0 aliphatic rings. The molecule has 3 rings (SSSR count). The molecule has 2 heterocycles. The molecule has 0 saturated heterocycles. The van der Waals surface area contributed by atoms with Crippen molar-refractivity contribution in [2.24, 2.45) is 0 Å². The van der Waals surface area contributed by atoms with Crippen molar-refractivity contribution in [2.75, 3.05) is 17.2 Å². The van der Waals surface area contributed by atoms with Gasteiger partial charge >= 0.3 is 0 Å². The Labute approximate surface area is 121 Å². The Hall–Kier alpha value is -2.14. The van der Waals surface area contributed by atoms with Crippen molar-refractivity contribution in [2.45, 2.75) is 13.3 Å². The Balaban J connectivity index is 1.79. The van der Waals surface area contributed by atoms with Crippen LogP contribution in [0.1, 0.15) is 13.3 Å². The molecule has 4 nitrogen and oxygen atoms in total. The van der Waals surface area contributed by atoms with Gasteiger partial charge in [-0.1, -0.05) is 6.92 Å². The molecule has 0 atom stereocenters. The Morgan fingerprint density at radius 2 is 2.15 bits per heavy atom. The maximum absolute atomic E-state index is 4.44. The molecule has 0 spiro atoms. The average Bonchev–Trinajstić information content (AvgIpc) is 2.93. The fraction of sp³-hybridized carbons (Fsp3) is 0.200. The van der Waals surface area contributed by atoms with Gasteiger partial charge in [-0.05, 0) is 47.5 Å². The molecule has 102 valence electrons. The lowest BCUT2D eigenvalue weighted by molar-refractivity contribution is 0.953. The number of hydrogen-bond donors (Lipinski definition) is 2. The van der Waals surface area contributed by atoms with Gasteiger partial charge in [-0.3, -0.25) is 0 Å². The second-order valence-corrected chi connectivity index (χ2v) is 5.44. The van der Waals surface area contributed by atoms with Crippen LogP contribution in [0, 0.1) is 0 Å². The first kappa shape index (κ1) is 12.9. The highest BCUT2D eigenvalue weighted by molar-refractivity contribution is 7.17. The van der Waals surface area contributed by atoms with Gasteiger partial charge in [0.1, 0.15) is 5.82 Å². The van der Waals surface area contributed by atoms with E-state index in [4.69, 9.17) is 0 Å². The second kappa shape index (κ2) is 5.88. The summed E-state index contributed by atoms with van der Waals surface area (Å²) in [5, 5.41) is 9.85. The summed E-state index contributed by atoms with van der Waals surface area (Å²) in [6.45, 7) is 3.00. The molecule has 2 N–H and O–H groups in total. The van der Waals surface area contributed by atoms with Gasteiger partial charge in [0.25, 0.3) is 0 Å². The standard InChI is InChI=1S/C15H16N4S/c1-2-7-16-15-17-8-5-14(19-15)18-12-3-4-13-11(10-12)6-9-20-13/h3-6,8-10H,2,7H2,1H3,(H2,16,17,18,19). The largest absolute Gasteiger partial charge is 0.354 e. The van der Waals surface area contributed by atoms with Crippen LogP contribution in [0.25, 0.3) is 10.1 Å². The number of thiophene rings is 1. The van der Waals surface area contributed by atoms with Crippen molar-refractivity contribution >= 4 is 38.9 Å². The molecule has 0 saturated carbocycles. The zero-order chi connectivity index (χ0) is 13.8. The van der Waals surface area contributed by atoms with Gasteiger partial charge in [0.05, 0.1) is 0 Å². The van der Waals surface area contributed by atoms with E-state index < -0.39 is 0 Å². The summed E-state index contributed by atoms with van der Waals surface area (Å²) in [6.07, 6.45) is 2.81. The minimum Gasteiger partial charge on any atom is -0.354 e. The Kier molecular flexibility index (Phi) is 3.78. The van der Waals surface area contributed by atoms with Crippen molar-refractivity contribution in [1.29, 1.82) is 0 Å². The van der Waals surface area contributed by atoms with Crippen LogP contribution in [0.5, 0.6) is 0 Å². The number of nitrogens with one attached hydrogen (secondary N) is 2. The van der Waals surface area contributed by atoms with E-state index >= 15 is 0 Å². The van der Waals surface area contributed by atoms with Crippen LogP contribution in [0.3, 0.4) is 0 Å². The first-order valence-electron chi connectivity index (χ1n) is 6.66. The zero-order valence-electron chi connectivity index (χ0n) is 11.3. The molecule has 20 heavy (non-hydrogen) atoms. The Morgan fingerprint density at radius 3 is 3.05 bits per heavy atom. The Bertz CT molecular complexity index is 708. The number of rotatable bonds is 5. The van der Waals surface area contributed by atoms with E-state index in [0.29, 0.717) is 5.95 Å². The van der Waals surface area contributed by atoms with E-state index in [2.05, 4.69) is 57.2 Å². The summed E-state index contributed by atoms with van der Waals surface area (Å²) >= 11 is 1.75. The fourth-order valence-electron chi connectivity index (χ4n) is 1.94. The fourth-order valence-corrected chi connectivity index (χ4v) is 2.71. The van der Waals surface area contributed by atoms with Gasteiger partial charge in [-0.15, -0.1) is 11.3 Å². The summed E-state index contributed by atoms with van der Waals surface area (Å²) in [5.74, 6) is 1.46. The van der Waals surface area contributed by atoms with Gasteiger partial charge in [-0.25, -0.2) is 4.98 Å². The molecule has 0 radical (unpaired) electrons. The predicted molar refractivity (Wildman–Crippen MR) is 85.9 cm³/mol. The van der Waals surface area contributed by atoms with Crippen LogP contribution in [-0.2, 0) is 0 Å². The van der Waals surface area contributed by atoms with Gasteiger partial charge in [0.2, 0.25) is 5.95 Å². The molecule has 0 bridgehead atoms. The first-order valence-corrected chi connectivity index (χ1v) is 7.54. The predicted octanol–water partition coefficient (Wildman–Crippen LogP) is 4.26. The van der Waals surface area contributed by atoms with Crippen LogP contribution < -0.4 is 10.6 Å². The molecule has 0 fully saturated rings. The lowest BCUT2D eigenvalue weighted by Gasteiger charge is -2.08.